The summed E-state index contributed by atoms with van der Waals surface area (Å²) >= 11 is 4.44. The van der Waals surface area contributed by atoms with Gasteiger partial charge in [0, 0.05) is 25.8 Å². The Labute approximate surface area is 99.8 Å². The fourth-order valence-corrected chi connectivity index (χ4v) is 2.66. The number of rotatable bonds is 5. The lowest BCUT2D eigenvalue weighted by atomic mass is 9.96. The van der Waals surface area contributed by atoms with Crippen molar-refractivity contribution in [3.8, 4) is 0 Å². The van der Waals surface area contributed by atoms with Crippen molar-refractivity contribution >= 4 is 12.6 Å². The summed E-state index contributed by atoms with van der Waals surface area (Å²) in [6.45, 7) is 7.62. The van der Waals surface area contributed by atoms with Gasteiger partial charge in [0.05, 0.1) is 0 Å². The van der Waals surface area contributed by atoms with Crippen LogP contribution in [-0.2, 0) is 4.74 Å². The molecule has 0 saturated carbocycles. The summed E-state index contributed by atoms with van der Waals surface area (Å²) in [5, 5.41) is 0. The van der Waals surface area contributed by atoms with E-state index in [1.807, 2.05) is 0 Å². The summed E-state index contributed by atoms with van der Waals surface area (Å²) in [5.41, 5.74) is 0. The van der Waals surface area contributed by atoms with E-state index in [4.69, 9.17) is 4.74 Å². The van der Waals surface area contributed by atoms with Crippen LogP contribution in [-0.4, -0.2) is 43.5 Å². The summed E-state index contributed by atoms with van der Waals surface area (Å²) in [7, 11) is 2.24. The molecule has 1 fully saturated rings. The molecule has 1 unspecified atom stereocenters. The smallest absolute Gasteiger partial charge is 0.0480 e. The van der Waals surface area contributed by atoms with Gasteiger partial charge >= 0.3 is 0 Å². The van der Waals surface area contributed by atoms with Crippen molar-refractivity contribution in [2.45, 2.75) is 32.7 Å². The highest BCUT2D eigenvalue weighted by Crippen LogP contribution is 2.18. The molecule has 1 rings (SSSR count). The molecule has 15 heavy (non-hydrogen) atoms. The van der Waals surface area contributed by atoms with Crippen LogP contribution >= 0.6 is 12.6 Å². The lowest BCUT2D eigenvalue weighted by Gasteiger charge is -2.34. The molecule has 2 nitrogen and oxygen atoms in total. The lowest BCUT2D eigenvalue weighted by molar-refractivity contribution is 0.0371. The van der Waals surface area contributed by atoms with E-state index >= 15 is 0 Å². The molecule has 0 aromatic heterocycles. The molecule has 1 aliphatic rings. The Balaban J connectivity index is 2.34. The second-order valence-corrected chi connectivity index (χ2v) is 5.33. The second-order valence-electron chi connectivity index (χ2n) is 4.97. The van der Waals surface area contributed by atoms with E-state index in [0.29, 0.717) is 5.92 Å². The number of ether oxygens (including phenoxy) is 1. The largest absolute Gasteiger partial charge is 0.381 e. The van der Waals surface area contributed by atoms with Crippen LogP contribution < -0.4 is 0 Å². The van der Waals surface area contributed by atoms with Gasteiger partial charge in [-0.3, -0.25) is 0 Å². The minimum atomic E-state index is 0.709. The maximum Gasteiger partial charge on any atom is 0.0480 e. The molecule has 0 aromatic rings. The number of nitrogens with zero attached hydrogens (tertiary/aromatic N) is 1. The van der Waals surface area contributed by atoms with Crippen molar-refractivity contribution in [3.05, 3.63) is 0 Å². The normalized spacial score (nSPS) is 21.2. The SMILES string of the molecule is CC(C)C(CS)CN(C)C1CCOCC1. The van der Waals surface area contributed by atoms with E-state index in [9.17, 15) is 0 Å². The van der Waals surface area contributed by atoms with Gasteiger partial charge in [0.15, 0.2) is 0 Å². The predicted octanol–water partition coefficient (Wildman–Crippen LogP) is 2.30. The van der Waals surface area contributed by atoms with Gasteiger partial charge in [0.1, 0.15) is 0 Å². The average Bonchev–Trinajstić information content (AvgIpc) is 2.26. The summed E-state index contributed by atoms with van der Waals surface area (Å²) in [4.78, 5) is 2.50. The summed E-state index contributed by atoms with van der Waals surface area (Å²) in [5.74, 6) is 2.43. The first-order chi connectivity index (χ1) is 7.15. The van der Waals surface area contributed by atoms with Crippen LogP contribution in [0.2, 0.25) is 0 Å². The maximum absolute atomic E-state index is 5.39. The second kappa shape index (κ2) is 6.77. The number of hydrogen-bond acceptors (Lipinski definition) is 3. The summed E-state index contributed by atoms with van der Waals surface area (Å²) in [6.07, 6.45) is 2.38. The van der Waals surface area contributed by atoms with Crippen LogP contribution in [0.1, 0.15) is 26.7 Å². The molecule has 1 aliphatic heterocycles. The van der Waals surface area contributed by atoms with E-state index in [1.54, 1.807) is 0 Å². The lowest BCUT2D eigenvalue weighted by Crippen LogP contribution is -2.40. The predicted molar refractivity (Wildman–Crippen MR) is 68.7 cm³/mol. The molecule has 0 spiro atoms. The van der Waals surface area contributed by atoms with Crippen molar-refractivity contribution in [3.63, 3.8) is 0 Å². The quantitative estimate of drug-likeness (QED) is 0.729. The van der Waals surface area contributed by atoms with Crippen LogP contribution in [0.5, 0.6) is 0 Å². The Kier molecular flexibility index (Phi) is 6.02. The molecule has 0 aliphatic carbocycles. The van der Waals surface area contributed by atoms with E-state index in [1.165, 1.54) is 19.4 Å². The minimum Gasteiger partial charge on any atom is -0.381 e. The Hall–Kier alpha value is 0.270. The fourth-order valence-electron chi connectivity index (χ4n) is 2.12. The van der Waals surface area contributed by atoms with E-state index < -0.39 is 0 Å². The van der Waals surface area contributed by atoms with Gasteiger partial charge in [0.25, 0.3) is 0 Å². The third kappa shape index (κ3) is 4.33. The number of thiol groups is 1. The van der Waals surface area contributed by atoms with Crippen LogP contribution in [0.15, 0.2) is 0 Å². The molecule has 1 heterocycles. The summed E-state index contributed by atoms with van der Waals surface area (Å²) < 4.78 is 5.39. The average molecular weight is 231 g/mol. The zero-order valence-electron chi connectivity index (χ0n) is 10.3. The molecule has 1 atom stereocenters. The maximum atomic E-state index is 5.39. The van der Waals surface area contributed by atoms with Crippen molar-refractivity contribution < 1.29 is 4.74 Å². The third-order valence-corrected chi connectivity index (χ3v) is 3.98. The first-order valence-electron chi connectivity index (χ1n) is 6.04. The van der Waals surface area contributed by atoms with Crippen molar-refractivity contribution in [2.75, 3.05) is 32.6 Å². The Bertz CT molecular complexity index is 169. The Morgan fingerprint density at radius 1 is 1.33 bits per heavy atom. The van der Waals surface area contributed by atoms with E-state index in [0.717, 1.165) is 30.9 Å². The van der Waals surface area contributed by atoms with Gasteiger partial charge < -0.3 is 9.64 Å². The molecule has 0 aromatic carbocycles. The van der Waals surface area contributed by atoms with Crippen molar-refractivity contribution in [1.29, 1.82) is 0 Å². The first-order valence-corrected chi connectivity index (χ1v) is 6.67. The molecule has 3 heteroatoms. The van der Waals surface area contributed by atoms with Crippen LogP contribution in [0.3, 0.4) is 0 Å². The van der Waals surface area contributed by atoms with Gasteiger partial charge in [-0.25, -0.2) is 0 Å². The van der Waals surface area contributed by atoms with Crippen molar-refractivity contribution in [2.24, 2.45) is 11.8 Å². The molecule has 0 amide bonds. The van der Waals surface area contributed by atoms with Crippen LogP contribution in [0, 0.1) is 11.8 Å². The van der Waals surface area contributed by atoms with Gasteiger partial charge in [-0.1, -0.05) is 13.8 Å². The number of hydrogen-bond donors (Lipinski definition) is 1. The minimum absolute atomic E-state index is 0.709. The highest BCUT2D eigenvalue weighted by atomic mass is 32.1. The zero-order valence-corrected chi connectivity index (χ0v) is 11.2. The molecule has 0 bridgehead atoms. The summed E-state index contributed by atoms with van der Waals surface area (Å²) in [6, 6.07) is 0.722. The zero-order chi connectivity index (χ0) is 11.3. The van der Waals surface area contributed by atoms with Gasteiger partial charge in [0.2, 0.25) is 0 Å². The monoisotopic (exact) mass is 231 g/mol. The molecular formula is C12H25NOS. The molecule has 90 valence electrons. The van der Waals surface area contributed by atoms with Crippen LogP contribution in [0.25, 0.3) is 0 Å². The van der Waals surface area contributed by atoms with Gasteiger partial charge in [-0.15, -0.1) is 0 Å². The molecule has 0 radical (unpaired) electrons. The molecular weight excluding hydrogens is 206 g/mol. The topological polar surface area (TPSA) is 12.5 Å². The van der Waals surface area contributed by atoms with E-state index in [-0.39, 0.29) is 0 Å². The van der Waals surface area contributed by atoms with Gasteiger partial charge in [-0.2, -0.15) is 12.6 Å². The van der Waals surface area contributed by atoms with Gasteiger partial charge in [-0.05, 0) is 37.5 Å². The third-order valence-electron chi connectivity index (χ3n) is 3.51. The van der Waals surface area contributed by atoms with E-state index in [2.05, 4.69) is 38.4 Å². The molecule has 0 N–H and O–H groups in total. The fraction of sp³-hybridized carbons (Fsp3) is 1.00. The van der Waals surface area contributed by atoms with Crippen LogP contribution in [0.4, 0.5) is 0 Å². The standard InChI is InChI=1S/C12H25NOS/c1-10(2)11(9-15)8-13(3)12-4-6-14-7-5-12/h10-12,15H,4-9H2,1-3H3. The highest BCUT2D eigenvalue weighted by Gasteiger charge is 2.21. The molecule has 1 saturated heterocycles. The van der Waals surface area contributed by atoms with Crippen molar-refractivity contribution in [1.82, 2.24) is 4.90 Å². The Morgan fingerprint density at radius 3 is 2.40 bits per heavy atom. The highest BCUT2D eigenvalue weighted by molar-refractivity contribution is 7.80. The Morgan fingerprint density at radius 2 is 1.93 bits per heavy atom. The first kappa shape index (κ1) is 13.3.